The van der Waals surface area contributed by atoms with Gasteiger partial charge in [-0.3, -0.25) is 4.79 Å². The van der Waals surface area contributed by atoms with Crippen LogP contribution in [0.15, 0.2) is 64.2 Å². The number of carbonyl (C=O) groups excluding carboxylic acids is 1. The summed E-state index contributed by atoms with van der Waals surface area (Å²) in [6, 6.07) is 16.4. The summed E-state index contributed by atoms with van der Waals surface area (Å²) in [4.78, 5) is 11.9. The zero-order chi connectivity index (χ0) is 16.1. The predicted molar refractivity (Wildman–Crippen MR) is 90.5 cm³/mol. The quantitative estimate of drug-likeness (QED) is 0.704. The Hall–Kier alpha value is -2.31. The number of benzene rings is 2. The number of halogens is 1. The van der Waals surface area contributed by atoms with Gasteiger partial charge in [0.15, 0.2) is 0 Å². The summed E-state index contributed by atoms with van der Waals surface area (Å²) in [6.45, 7) is 0. The molecule has 1 aromatic heterocycles. The van der Waals surface area contributed by atoms with Gasteiger partial charge in [-0.05, 0) is 30.3 Å². The molecule has 0 unspecified atom stereocenters. The molecule has 0 fully saturated rings. The molecule has 0 saturated heterocycles. The highest BCUT2D eigenvalue weighted by atomic mass is 35.5. The first-order valence-corrected chi connectivity index (χ1v) is 8.14. The molecule has 23 heavy (non-hydrogen) atoms. The minimum atomic E-state index is -0.170. The van der Waals surface area contributed by atoms with Crippen molar-refractivity contribution in [3.8, 4) is 11.5 Å². The maximum atomic E-state index is 11.9. The fourth-order valence-corrected chi connectivity index (χ4v) is 2.61. The number of thioether (sulfide) groups is 1. The Morgan fingerprint density at radius 1 is 1.13 bits per heavy atom. The molecule has 0 atom stereocenters. The number of amides is 1. The summed E-state index contributed by atoms with van der Waals surface area (Å²) >= 11 is 7.05. The Bertz CT molecular complexity index is 808. The van der Waals surface area contributed by atoms with E-state index in [2.05, 4.69) is 15.5 Å². The van der Waals surface area contributed by atoms with Crippen LogP contribution >= 0.6 is 23.4 Å². The number of carbonyl (C=O) groups is 1. The van der Waals surface area contributed by atoms with E-state index in [4.69, 9.17) is 16.0 Å². The first-order valence-electron chi connectivity index (χ1n) is 6.78. The maximum Gasteiger partial charge on any atom is 0.277 e. The number of nitrogens with zero attached hydrogens (tertiary/aromatic N) is 2. The Kier molecular flexibility index (Phi) is 4.95. The first kappa shape index (κ1) is 15.6. The number of hydrogen-bond acceptors (Lipinski definition) is 5. The van der Waals surface area contributed by atoms with Gasteiger partial charge in [0.25, 0.3) is 5.22 Å². The summed E-state index contributed by atoms with van der Waals surface area (Å²) < 4.78 is 5.53. The van der Waals surface area contributed by atoms with Crippen molar-refractivity contribution in [1.82, 2.24) is 10.2 Å². The van der Waals surface area contributed by atoms with Crippen molar-refractivity contribution in [1.29, 1.82) is 0 Å². The van der Waals surface area contributed by atoms with Crippen LogP contribution in [-0.2, 0) is 4.79 Å². The molecule has 0 spiro atoms. The second kappa shape index (κ2) is 7.30. The van der Waals surface area contributed by atoms with Crippen LogP contribution in [0.5, 0.6) is 0 Å². The van der Waals surface area contributed by atoms with Crippen LogP contribution in [0.3, 0.4) is 0 Å². The van der Waals surface area contributed by atoms with Crippen molar-refractivity contribution in [3.63, 3.8) is 0 Å². The van der Waals surface area contributed by atoms with Gasteiger partial charge in [0.05, 0.1) is 5.75 Å². The van der Waals surface area contributed by atoms with Gasteiger partial charge in [-0.15, -0.1) is 10.2 Å². The number of anilines is 1. The highest BCUT2D eigenvalue weighted by Crippen LogP contribution is 2.23. The molecule has 0 aliphatic carbocycles. The molecule has 0 aliphatic rings. The van der Waals surface area contributed by atoms with E-state index in [1.165, 1.54) is 11.8 Å². The third kappa shape index (κ3) is 4.34. The molecule has 7 heteroatoms. The highest BCUT2D eigenvalue weighted by Gasteiger charge is 2.11. The Morgan fingerprint density at radius 3 is 2.74 bits per heavy atom. The van der Waals surface area contributed by atoms with Crippen molar-refractivity contribution >= 4 is 35.0 Å². The summed E-state index contributed by atoms with van der Waals surface area (Å²) in [7, 11) is 0. The average Bonchev–Trinajstić information content (AvgIpc) is 3.03. The lowest BCUT2D eigenvalue weighted by Gasteiger charge is -2.03. The second-order valence-electron chi connectivity index (χ2n) is 4.59. The number of nitrogens with one attached hydrogen (secondary N) is 1. The molecular formula is C16H12ClN3O2S. The van der Waals surface area contributed by atoms with Crippen molar-refractivity contribution < 1.29 is 9.21 Å². The van der Waals surface area contributed by atoms with E-state index in [0.29, 0.717) is 21.8 Å². The van der Waals surface area contributed by atoms with Gasteiger partial charge in [0.2, 0.25) is 11.8 Å². The van der Waals surface area contributed by atoms with Crippen LogP contribution < -0.4 is 5.32 Å². The fraction of sp³-hybridized carbons (Fsp3) is 0.0625. The molecule has 5 nitrogen and oxygen atoms in total. The smallest absolute Gasteiger partial charge is 0.277 e. The first-order chi connectivity index (χ1) is 11.2. The lowest BCUT2D eigenvalue weighted by Crippen LogP contribution is -2.13. The second-order valence-corrected chi connectivity index (χ2v) is 5.95. The molecule has 1 heterocycles. The van der Waals surface area contributed by atoms with Crippen LogP contribution in [0.2, 0.25) is 5.02 Å². The minimum absolute atomic E-state index is 0.170. The normalized spacial score (nSPS) is 10.5. The molecular weight excluding hydrogens is 334 g/mol. The van der Waals surface area contributed by atoms with Gasteiger partial charge in [-0.2, -0.15) is 0 Å². The van der Waals surface area contributed by atoms with Crippen LogP contribution in [0.1, 0.15) is 0 Å². The van der Waals surface area contributed by atoms with Crippen molar-refractivity contribution in [2.24, 2.45) is 0 Å². The average molecular weight is 346 g/mol. The van der Waals surface area contributed by atoms with Crippen LogP contribution in [0.25, 0.3) is 11.5 Å². The van der Waals surface area contributed by atoms with E-state index in [0.717, 1.165) is 5.56 Å². The van der Waals surface area contributed by atoms with Crippen molar-refractivity contribution in [2.45, 2.75) is 5.22 Å². The molecule has 0 saturated carbocycles. The molecule has 1 amide bonds. The van der Waals surface area contributed by atoms with Gasteiger partial charge in [0, 0.05) is 16.3 Å². The SMILES string of the molecule is O=C(CSc1nnc(-c2ccccc2)o1)Nc1cccc(Cl)c1. The molecule has 116 valence electrons. The lowest BCUT2D eigenvalue weighted by atomic mass is 10.2. The monoisotopic (exact) mass is 345 g/mol. The number of aromatic nitrogens is 2. The van der Waals surface area contributed by atoms with Crippen LogP contribution in [0.4, 0.5) is 5.69 Å². The molecule has 3 rings (SSSR count). The summed E-state index contributed by atoms with van der Waals surface area (Å²) in [5.74, 6) is 0.434. The topological polar surface area (TPSA) is 68.0 Å². The molecule has 1 N–H and O–H groups in total. The van der Waals surface area contributed by atoms with Gasteiger partial charge in [-0.25, -0.2) is 0 Å². The third-order valence-electron chi connectivity index (χ3n) is 2.86. The predicted octanol–water partition coefficient (Wildman–Crippen LogP) is 4.12. The van der Waals surface area contributed by atoms with Gasteiger partial charge < -0.3 is 9.73 Å². The van der Waals surface area contributed by atoms with Gasteiger partial charge in [-0.1, -0.05) is 47.6 Å². The molecule has 0 radical (unpaired) electrons. The fourth-order valence-electron chi connectivity index (χ4n) is 1.86. The van der Waals surface area contributed by atoms with E-state index in [-0.39, 0.29) is 11.7 Å². The number of hydrogen-bond donors (Lipinski definition) is 1. The summed E-state index contributed by atoms with van der Waals surface area (Å²) in [5, 5.41) is 11.6. The van der Waals surface area contributed by atoms with Gasteiger partial charge >= 0.3 is 0 Å². The largest absolute Gasteiger partial charge is 0.411 e. The van der Waals surface area contributed by atoms with E-state index in [1.807, 2.05) is 30.3 Å². The zero-order valence-electron chi connectivity index (χ0n) is 11.9. The molecule has 0 aliphatic heterocycles. The van der Waals surface area contributed by atoms with E-state index < -0.39 is 0 Å². The van der Waals surface area contributed by atoms with Crippen molar-refractivity contribution in [3.05, 3.63) is 59.6 Å². The van der Waals surface area contributed by atoms with Crippen molar-refractivity contribution in [2.75, 3.05) is 11.1 Å². The minimum Gasteiger partial charge on any atom is -0.411 e. The van der Waals surface area contributed by atoms with Crippen LogP contribution in [0, 0.1) is 0 Å². The third-order valence-corrected chi connectivity index (χ3v) is 3.92. The standard InChI is InChI=1S/C16H12ClN3O2S/c17-12-7-4-8-13(9-12)18-14(21)10-23-16-20-19-15(22-16)11-5-2-1-3-6-11/h1-9H,10H2,(H,18,21). The summed E-state index contributed by atoms with van der Waals surface area (Å²) in [6.07, 6.45) is 0. The maximum absolute atomic E-state index is 11.9. The molecule has 0 bridgehead atoms. The molecule has 2 aromatic carbocycles. The number of rotatable bonds is 5. The Morgan fingerprint density at radius 2 is 1.96 bits per heavy atom. The zero-order valence-corrected chi connectivity index (χ0v) is 13.5. The van der Waals surface area contributed by atoms with E-state index in [1.54, 1.807) is 24.3 Å². The lowest BCUT2D eigenvalue weighted by molar-refractivity contribution is -0.113. The van der Waals surface area contributed by atoms with Crippen LogP contribution in [-0.4, -0.2) is 21.9 Å². The Labute approximate surface area is 142 Å². The molecule has 3 aromatic rings. The Balaban J connectivity index is 1.56. The van der Waals surface area contributed by atoms with Gasteiger partial charge in [0.1, 0.15) is 0 Å². The summed E-state index contributed by atoms with van der Waals surface area (Å²) in [5.41, 5.74) is 1.49. The van der Waals surface area contributed by atoms with E-state index in [9.17, 15) is 4.79 Å². The van der Waals surface area contributed by atoms with E-state index >= 15 is 0 Å². The highest BCUT2D eigenvalue weighted by molar-refractivity contribution is 7.99.